The van der Waals surface area contributed by atoms with Crippen LogP contribution in [0.4, 0.5) is 0 Å². The predicted molar refractivity (Wildman–Crippen MR) is 62.9 cm³/mol. The fourth-order valence-corrected chi connectivity index (χ4v) is 1.97. The lowest BCUT2D eigenvalue weighted by Crippen LogP contribution is -2.29. The van der Waals surface area contributed by atoms with Gasteiger partial charge in [0.25, 0.3) is 5.69 Å². The second-order valence-corrected chi connectivity index (χ2v) is 3.97. The van der Waals surface area contributed by atoms with Crippen LogP contribution in [0.15, 0.2) is 41.1 Å². The Labute approximate surface area is 101 Å². The van der Waals surface area contributed by atoms with Gasteiger partial charge in [-0.05, 0) is 28.1 Å². The van der Waals surface area contributed by atoms with Gasteiger partial charge in [0, 0.05) is 12.3 Å². The Morgan fingerprint density at radius 3 is 2.81 bits per heavy atom. The summed E-state index contributed by atoms with van der Waals surface area (Å²) in [5, 5.41) is 11.8. The molecule has 0 N–H and O–H groups in total. The molecule has 0 fully saturated rings. The van der Waals surface area contributed by atoms with Crippen LogP contribution in [0.25, 0.3) is 11.4 Å². The van der Waals surface area contributed by atoms with Gasteiger partial charge < -0.3 is 9.94 Å². The molecule has 0 aromatic carbocycles. The van der Waals surface area contributed by atoms with E-state index < -0.39 is 0 Å². The first-order valence-corrected chi connectivity index (χ1v) is 5.40. The Bertz CT molecular complexity index is 480. The number of methoxy groups -OCH3 is 1. The summed E-state index contributed by atoms with van der Waals surface area (Å²) < 4.78 is 6.39. The highest BCUT2D eigenvalue weighted by molar-refractivity contribution is 9.10. The average Bonchev–Trinajstić information content (AvgIpc) is 2.29. The van der Waals surface area contributed by atoms with Crippen LogP contribution < -0.4 is 9.47 Å². The zero-order chi connectivity index (χ0) is 11.5. The van der Waals surface area contributed by atoms with Crippen molar-refractivity contribution < 1.29 is 9.47 Å². The van der Waals surface area contributed by atoms with Gasteiger partial charge in [0.2, 0.25) is 6.20 Å². The normalized spacial score (nSPS) is 10.1. The first-order chi connectivity index (χ1) is 7.72. The number of rotatable bonds is 2. The molecular weight excluding hydrogens is 272 g/mol. The molecule has 2 rings (SSSR count). The number of ether oxygens (including phenoxy) is 1. The second-order valence-electron chi connectivity index (χ2n) is 3.12. The molecule has 0 aliphatic rings. The van der Waals surface area contributed by atoms with Crippen LogP contribution in [0.5, 0.6) is 5.75 Å². The van der Waals surface area contributed by atoms with Crippen LogP contribution in [0.3, 0.4) is 0 Å². The van der Waals surface area contributed by atoms with E-state index in [-0.39, 0.29) is 0 Å². The number of nitrogens with zero attached hydrogens (tertiary/aromatic N) is 2. The van der Waals surface area contributed by atoms with Crippen molar-refractivity contribution in [3.63, 3.8) is 0 Å². The first kappa shape index (κ1) is 10.9. The Balaban J connectivity index is 2.58. The topological polar surface area (TPSA) is 49.1 Å². The molecule has 0 aliphatic heterocycles. The van der Waals surface area contributed by atoms with Gasteiger partial charge in [0.15, 0.2) is 5.75 Å². The van der Waals surface area contributed by atoms with E-state index in [1.54, 1.807) is 24.4 Å². The van der Waals surface area contributed by atoms with Gasteiger partial charge in [-0.25, -0.2) is 4.98 Å². The summed E-state index contributed by atoms with van der Waals surface area (Å²) in [6, 6.07) is 7.15. The summed E-state index contributed by atoms with van der Waals surface area (Å²) in [5.41, 5.74) is 1.09. The van der Waals surface area contributed by atoms with E-state index in [0.29, 0.717) is 21.6 Å². The van der Waals surface area contributed by atoms with Gasteiger partial charge >= 0.3 is 0 Å². The van der Waals surface area contributed by atoms with Crippen LogP contribution in [0.1, 0.15) is 0 Å². The Morgan fingerprint density at radius 2 is 2.25 bits per heavy atom. The van der Waals surface area contributed by atoms with Gasteiger partial charge in [-0.1, -0.05) is 6.07 Å². The second kappa shape index (κ2) is 4.49. The van der Waals surface area contributed by atoms with Crippen LogP contribution in [0, 0.1) is 5.21 Å². The summed E-state index contributed by atoms with van der Waals surface area (Å²) >= 11 is 3.33. The minimum Gasteiger partial charge on any atom is -0.618 e. The summed E-state index contributed by atoms with van der Waals surface area (Å²) in [5.74, 6) is 0.501. The fourth-order valence-electron chi connectivity index (χ4n) is 1.37. The van der Waals surface area contributed by atoms with Crippen LogP contribution in [-0.2, 0) is 0 Å². The highest BCUT2D eigenvalue weighted by Gasteiger charge is 2.16. The Kier molecular flexibility index (Phi) is 3.05. The van der Waals surface area contributed by atoms with E-state index in [1.807, 2.05) is 6.07 Å². The lowest BCUT2D eigenvalue weighted by Gasteiger charge is -2.07. The molecule has 0 atom stereocenters. The maximum Gasteiger partial charge on any atom is 0.256 e. The zero-order valence-electron chi connectivity index (χ0n) is 8.55. The van der Waals surface area contributed by atoms with E-state index in [2.05, 4.69) is 20.9 Å². The summed E-state index contributed by atoms with van der Waals surface area (Å²) in [6.07, 6.45) is 3.01. The monoisotopic (exact) mass is 280 g/mol. The third kappa shape index (κ3) is 1.99. The van der Waals surface area contributed by atoms with Crippen molar-refractivity contribution in [2.24, 2.45) is 0 Å². The molecule has 0 saturated heterocycles. The molecule has 16 heavy (non-hydrogen) atoms. The quantitative estimate of drug-likeness (QED) is 0.626. The minimum absolute atomic E-state index is 0.474. The Hall–Kier alpha value is -1.62. The summed E-state index contributed by atoms with van der Waals surface area (Å²) in [4.78, 5) is 4.13. The third-order valence-corrected chi connectivity index (χ3v) is 2.71. The molecule has 5 heteroatoms. The van der Waals surface area contributed by atoms with Crippen molar-refractivity contribution in [1.82, 2.24) is 4.98 Å². The highest BCUT2D eigenvalue weighted by atomic mass is 79.9. The molecule has 0 radical (unpaired) electrons. The highest BCUT2D eigenvalue weighted by Crippen LogP contribution is 2.26. The zero-order valence-corrected chi connectivity index (χ0v) is 10.1. The predicted octanol–water partition coefficient (Wildman–Crippen LogP) is 2.15. The van der Waals surface area contributed by atoms with Crippen LogP contribution >= 0.6 is 15.9 Å². The smallest absolute Gasteiger partial charge is 0.256 e. The van der Waals surface area contributed by atoms with Gasteiger partial charge in [0.05, 0.1) is 11.6 Å². The Morgan fingerprint density at radius 1 is 1.44 bits per heavy atom. The van der Waals surface area contributed by atoms with E-state index in [4.69, 9.17) is 4.74 Å². The number of aromatic nitrogens is 2. The van der Waals surface area contributed by atoms with Gasteiger partial charge in [-0.3, -0.25) is 0 Å². The van der Waals surface area contributed by atoms with Crippen molar-refractivity contribution in [3.8, 4) is 17.1 Å². The fraction of sp³-hybridized carbons (Fsp3) is 0.0909. The molecule has 0 amide bonds. The van der Waals surface area contributed by atoms with Gasteiger partial charge in [-0.2, -0.15) is 4.73 Å². The van der Waals surface area contributed by atoms with Crippen molar-refractivity contribution >= 4 is 15.9 Å². The van der Waals surface area contributed by atoms with Crippen molar-refractivity contribution in [2.75, 3.05) is 7.11 Å². The number of pyridine rings is 2. The standard InChI is InChI=1S/C11H9BrN2O2/c1-16-8-6-9(12)11(14(15)7-8)10-4-2-3-5-13-10/h2-7H,1H3. The molecule has 0 spiro atoms. The SMILES string of the molecule is COc1cc(Br)c(-c2ccccn2)[n+]([O-])c1. The molecule has 82 valence electrons. The number of halogens is 1. The summed E-state index contributed by atoms with van der Waals surface area (Å²) in [6.45, 7) is 0. The largest absolute Gasteiger partial charge is 0.618 e. The third-order valence-electron chi connectivity index (χ3n) is 2.10. The first-order valence-electron chi connectivity index (χ1n) is 4.60. The van der Waals surface area contributed by atoms with Gasteiger partial charge in [-0.15, -0.1) is 0 Å². The average molecular weight is 281 g/mol. The van der Waals surface area contributed by atoms with Crippen molar-refractivity contribution in [3.05, 3.63) is 46.3 Å². The van der Waals surface area contributed by atoms with E-state index >= 15 is 0 Å². The van der Waals surface area contributed by atoms with Gasteiger partial charge in [0.1, 0.15) is 5.69 Å². The molecule has 0 saturated carbocycles. The molecule has 0 aliphatic carbocycles. The maximum atomic E-state index is 11.8. The van der Waals surface area contributed by atoms with Crippen molar-refractivity contribution in [1.29, 1.82) is 0 Å². The molecule has 0 bridgehead atoms. The van der Waals surface area contributed by atoms with Crippen molar-refractivity contribution in [2.45, 2.75) is 0 Å². The van der Waals surface area contributed by atoms with E-state index in [0.717, 1.165) is 4.73 Å². The lowest BCUT2D eigenvalue weighted by atomic mass is 10.2. The molecule has 4 nitrogen and oxygen atoms in total. The molecule has 2 aromatic heterocycles. The molecule has 0 unspecified atom stereocenters. The van der Waals surface area contributed by atoms with E-state index in [9.17, 15) is 5.21 Å². The molecule has 2 heterocycles. The molecule has 2 aromatic rings. The van der Waals surface area contributed by atoms with Crippen LogP contribution in [0.2, 0.25) is 0 Å². The lowest BCUT2D eigenvalue weighted by molar-refractivity contribution is -0.594. The minimum atomic E-state index is 0.474. The maximum absolute atomic E-state index is 11.8. The molecular formula is C11H9BrN2O2. The van der Waals surface area contributed by atoms with E-state index in [1.165, 1.54) is 13.3 Å². The summed E-state index contributed by atoms with van der Waals surface area (Å²) in [7, 11) is 1.52. The number of hydrogen-bond donors (Lipinski definition) is 0. The van der Waals surface area contributed by atoms with Crippen LogP contribution in [-0.4, -0.2) is 12.1 Å². The number of hydrogen-bond acceptors (Lipinski definition) is 3.